The van der Waals surface area contributed by atoms with Crippen LogP contribution in [-0.2, 0) is 0 Å². The zero-order valence-electron chi connectivity index (χ0n) is 10.5. The molecule has 0 aliphatic rings. The highest BCUT2D eigenvalue weighted by Crippen LogP contribution is 2.30. The molecule has 0 radical (unpaired) electrons. The molecule has 0 bridgehead atoms. The predicted molar refractivity (Wildman–Crippen MR) is 72.3 cm³/mol. The minimum atomic E-state index is -0.652. The Bertz CT molecular complexity index is 722. The van der Waals surface area contributed by atoms with Gasteiger partial charge in [0, 0.05) is 5.69 Å². The summed E-state index contributed by atoms with van der Waals surface area (Å²) in [6, 6.07) is 6.97. The van der Waals surface area contributed by atoms with Crippen LogP contribution in [0.4, 0.5) is 23.0 Å². The predicted octanol–water partition coefficient (Wildman–Crippen LogP) is 1.89. The molecule has 8 nitrogen and oxygen atoms in total. The lowest BCUT2D eigenvalue weighted by Crippen LogP contribution is -2.05. The first-order chi connectivity index (χ1) is 9.52. The van der Waals surface area contributed by atoms with E-state index in [1.807, 2.05) is 6.07 Å². The number of aryl methyl sites for hydroxylation is 1. The van der Waals surface area contributed by atoms with Gasteiger partial charge in [-0.05, 0) is 24.6 Å². The molecule has 0 aliphatic heterocycles. The lowest BCUT2D eigenvalue weighted by molar-refractivity contribution is -0.383. The molecule has 0 unspecified atom stereocenters. The number of nitrogens with two attached hydrogens (primary N) is 1. The molecule has 0 saturated carbocycles. The van der Waals surface area contributed by atoms with E-state index in [9.17, 15) is 10.1 Å². The first-order valence-electron chi connectivity index (χ1n) is 5.55. The van der Waals surface area contributed by atoms with Crippen LogP contribution in [0, 0.1) is 28.4 Å². The lowest BCUT2D eigenvalue weighted by Gasteiger charge is -2.09. The van der Waals surface area contributed by atoms with Gasteiger partial charge < -0.3 is 11.1 Å². The minimum absolute atomic E-state index is 0.0133. The Labute approximate surface area is 114 Å². The second-order valence-electron chi connectivity index (χ2n) is 3.98. The van der Waals surface area contributed by atoms with Crippen LogP contribution in [0.25, 0.3) is 0 Å². The average Bonchev–Trinajstić information content (AvgIpc) is 2.41. The van der Waals surface area contributed by atoms with Crippen LogP contribution >= 0.6 is 0 Å². The molecule has 1 aromatic heterocycles. The lowest BCUT2D eigenvalue weighted by atomic mass is 10.1. The molecule has 0 saturated heterocycles. The Morgan fingerprint density at radius 2 is 2.20 bits per heavy atom. The van der Waals surface area contributed by atoms with E-state index in [1.165, 1.54) is 0 Å². The van der Waals surface area contributed by atoms with Crippen LogP contribution in [0.2, 0.25) is 0 Å². The summed E-state index contributed by atoms with van der Waals surface area (Å²) < 4.78 is 0. The number of nitrogens with zero attached hydrogens (tertiary/aromatic N) is 4. The molecular formula is C12H10N6O2. The van der Waals surface area contributed by atoms with Crippen molar-refractivity contribution in [3.63, 3.8) is 0 Å². The number of aromatic nitrogens is 2. The van der Waals surface area contributed by atoms with E-state index in [0.29, 0.717) is 11.3 Å². The number of anilines is 3. The molecule has 0 aliphatic carbocycles. The van der Waals surface area contributed by atoms with Crippen molar-refractivity contribution in [2.45, 2.75) is 6.92 Å². The zero-order valence-corrected chi connectivity index (χ0v) is 10.5. The van der Waals surface area contributed by atoms with E-state index in [1.54, 1.807) is 25.1 Å². The van der Waals surface area contributed by atoms with Crippen LogP contribution in [0.3, 0.4) is 0 Å². The molecule has 2 aromatic rings. The van der Waals surface area contributed by atoms with E-state index in [0.717, 1.165) is 11.9 Å². The third kappa shape index (κ3) is 2.46. The number of hydrogen-bond acceptors (Lipinski definition) is 7. The Balaban J connectivity index is 2.48. The molecular weight excluding hydrogens is 260 g/mol. The second kappa shape index (κ2) is 5.19. The first kappa shape index (κ1) is 13.2. The summed E-state index contributed by atoms with van der Waals surface area (Å²) in [6.07, 6.45) is 1.13. The Kier molecular flexibility index (Phi) is 3.43. The van der Waals surface area contributed by atoms with Crippen molar-refractivity contribution in [3.8, 4) is 6.07 Å². The molecule has 0 spiro atoms. The van der Waals surface area contributed by atoms with Crippen molar-refractivity contribution >= 4 is 23.0 Å². The largest absolute Gasteiger partial charge is 0.378 e. The number of nitrogens with one attached hydrogen (secondary N) is 1. The summed E-state index contributed by atoms with van der Waals surface area (Å²) >= 11 is 0. The van der Waals surface area contributed by atoms with Gasteiger partial charge in [-0.15, -0.1) is 0 Å². The smallest absolute Gasteiger partial charge is 0.353 e. The monoisotopic (exact) mass is 270 g/mol. The van der Waals surface area contributed by atoms with Crippen molar-refractivity contribution in [2.75, 3.05) is 11.1 Å². The third-order valence-electron chi connectivity index (χ3n) is 2.65. The van der Waals surface area contributed by atoms with Crippen LogP contribution in [0.5, 0.6) is 0 Å². The maximum absolute atomic E-state index is 11.0. The molecule has 1 heterocycles. The zero-order chi connectivity index (χ0) is 14.7. The third-order valence-corrected chi connectivity index (χ3v) is 2.65. The van der Waals surface area contributed by atoms with Gasteiger partial charge >= 0.3 is 5.69 Å². The minimum Gasteiger partial charge on any atom is -0.378 e. The Hall–Kier alpha value is -3.21. The molecule has 20 heavy (non-hydrogen) atoms. The van der Waals surface area contributed by atoms with Crippen LogP contribution in [-0.4, -0.2) is 14.9 Å². The number of nitriles is 1. The summed E-state index contributed by atoms with van der Waals surface area (Å²) in [5, 5.41) is 22.7. The van der Waals surface area contributed by atoms with Crippen molar-refractivity contribution in [1.82, 2.24) is 9.97 Å². The molecule has 0 fully saturated rings. The fourth-order valence-corrected chi connectivity index (χ4v) is 1.62. The number of nitrogen functional groups attached to an aromatic ring is 1. The van der Waals surface area contributed by atoms with E-state index in [-0.39, 0.29) is 11.6 Å². The van der Waals surface area contributed by atoms with Crippen LogP contribution in [0.15, 0.2) is 24.5 Å². The van der Waals surface area contributed by atoms with Crippen molar-refractivity contribution in [2.24, 2.45) is 0 Å². The fraction of sp³-hybridized carbons (Fsp3) is 0.0833. The van der Waals surface area contributed by atoms with Gasteiger partial charge in [-0.3, -0.25) is 10.1 Å². The number of nitro groups is 1. The molecule has 3 N–H and O–H groups in total. The molecule has 1 aromatic carbocycles. The van der Waals surface area contributed by atoms with Gasteiger partial charge in [0.15, 0.2) is 0 Å². The van der Waals surface area contributed by atoms with Gasteiger partial charge in [-0.1, -0.05) is 6.07 Å². The average molecular weight is 270 g/mol. The van der Waals surface area contributed by atoms with Crippen molar-refractivity contribution in [1.29, 1.82) is 5.26 Å². The van der Waals surface area contributed by atoms with Gasteiger partial charge in [-0.2, -0.15) is 5.26 Å². The second-order valence-corrected chi connectivity index (χ2v) is 3.98. The SMILES string of the molecule is Cc1ccc(C#N)cc1Nc1ncnc(N)c1[N+](=O)[O-]. The number of hydrogen-bond donors (Lipinski definition) is 2. The van der Waals surface area contributed by atoms with E-state index >= 15 is 0 Å². The normalized spacial score (nSPS) is 9.80. The maximum Gasteiger partial charge on any atom is 0.353 e. The number of rotatable bonds is 3. The topological polar surface area (TPSA) is 131 Å². The standard InChI is InChI=1S/C12H10N6O2/c1-7-2-3-8(5-13)4-9(7)17-12-10(18(19)20)11(14)15-6-16-12/h2-4,6H,1H3,(H3,14,15,16,17). The number of benzene rings is 1. The fourth-order valence-electron chi connectivity index (χ4n) is 1.62. The van der Waals surface area contributed by atoms with Gasteiger partial charge in [0.05, 0.1) is 16.6 Å². The molecule has 8 heteroatoms. The highest BCUT2D eigenvalue weighted by molar-refractivity contribution is 5.74. The first-order valence-corrected chi connectivity index (χ1v) is 5.55. The van der Waals surface area contributed by atoms with E-state index < -0.39 is 10.6 Å². The Morgan fingerprint density at radius 1 is 1.45 bits per heavy atom. The van der Waals surface area contributed by atoms with Crippen LogP contribution < -0.4 is 11.1 Å². The summed E-state index contributed by atoms with van der Waals surface area (Å²) in [6.45, 7) is 1.81. The summed E-state index contributed by atoms with van der Waals surface area (Å²) in [4.78, 5) is 17.8. The van der Waals surface area contributed by atoms with Crippen LogP contribution in [0.1, 0.15) is 11.1 Å². The maximum atomic E-state index is 11.0. The van der Waals surface area contributed by atoms with Crippen molar-refractivity contribution < 1.29 is 4.92 Å². The van der Waals surface area contributed by atoms with Gasteiger partial charge in [0.2, 0.25) is 11.6 Å². The van der Waals surface area contributed by atoms with Crippen molar-refractivity contribution in [3.05, 3.63) is 45.8 Å². The van der Waals surface area contributed by atoms with Gasteiger partial charge in [0.25, 0.3) is 0 Å². The highest BCUT2D eigenvalue weighted by atomic mass is 16.6. The quantitative estimate of drug-likeness (QED) is 0.643. The summed E-state index contributed by atoms with van der Waals surface area (Å²) in [5.41, 5.74) is 6.89. The molecule has 100 valence electrons. The molecule has 0 amide bonds. The molecule has 0 atom stereocenters. The van der Waals surface area contributed by atoms with Gasteiger partial charge in [-0.25, -0.2) is 9.97 Å². The Morgan fingerprint density at radius 3 is 2.85 bits per heavy atom. The van der Waals surface area contributed by atoms with E-state index in [4.69, 9.17) is 11.0 Å². The highest BCUT2D eigenvalue weighted by Gasteiger charge is 2.21. The van der Waals surface area contributed by atoms with Gasteiger partial charge in [0.1, 0.15) is 6.33 Å². The van der Waals surface area contributed by atoms with E-state index in [2.05, 4.69) is 15.3 Å². The molecule has 2 rings (SSSR count). The summed E-state index contributed by atoms with van der Waals surface area (Å²) in [7, 11) is 0. The summed E-state index contributed by atoms with van der Waals surface area (Å²) in [5.74, 6) is -0.234.